The van der Waals surface area contributed by atoms with Gasteiger partial charge >= 0.3 is 8.56 Å². The average Bonchev–Trinajstić information content (AvgIpc) is 3.39. The van der Waals surface area contributed by atoms with Crippen molar-refractivity contribution in [2.24, 2.45) is 0 Å². The van der Waals surface area contributed by atoms with Gasteiger partial charge in [-0.2, -0.15) is 11.8 Å². The van der Waals surface area contributed by atoms with Crippen molar-refractivity contribution in [1.82, 2.24) is 0 Å². The highest BCUT2D eigenvalue weighted by Crippen LogP contribution is 2.40. The topological polar surface area (TPSA) is 177 Å². The van der Waals surface area contributed by atoms with Crippen molar-refractivity contribution in [3.63, 3.8) is 0 Å². The fourth-order valence-electron chi connectivity index (χ4n) is 6.21. The van der Waals surface area contributed by atoms with E-state index in [0.29, 0.717) is 218 Å². The summed E-state index contributed by atoms with van der Waals surface area (Å²) in [5.41, 5.74) is 0. The smallest absolute Gasteiger partial charge is 0.314 e. The molecule has 0 rings (SSSR count). The molecule has 0 atom stereocenters. The molecule has 424 valence electrons. The Morgan fingerprint density at radius 1 is 0.310 bits per heavy atom. The lowest BCUT2D eigenvalue weighted by Crippen LogP contribution is -2.45. The largest absolute Gasteiger partial charge is 0.436 e. The zero-order valence-electron chi connectivity index (χ0n) is 45.6. The Balaban J connectivity index is 3.44. The molecule has 0 unspecified atom stereocenters. The highest BCUT2D eigenvalue weighted by Gasteiger charge is 2.39. The van der Waals surface area contributed by atoms with Crippen molar-refractivity contribution in [2.45, 2.75) is 103 Å². The fourth-order valence-corrected chi connectivity index (χ4v) is 14.4. The zero-order chi connectivity index (χ0) is 51.9. The van der Waals surface area contributed by atoms with Crippen LogP contribution in [0.5, 0.6) is 0 Å². The summed E-state index contributed by atoms with van der Waals surface area (Å²) in [5.74, 6) is 1.98. The van der Waals surface area contributed by atoms with E-state index in [9.17, 15) is 0 Å². The van der Waals surface area contributed by atoms with E-state index in [1.807, 2.05) is 11.8 Å². The van der Waals surface area contributed by atoms with Gasteiger partial charge in [0.05, 0.1) is 205 Å². The third-order valence-corrected chi connectivity index (χ3v) is 21.3. The number of hydrogen-bond acceptors (Lipinski definition) is 19. The summed E-state index contributed by atoms with van der Waals surface area (Å²) in [7, 11) is -1.29. The number of thioether (sulfide) groups is 1. The molecule has 0 aliphatic carbocycles. The molecule has 0 aromatic heterocycles. The van der Waals surface area contributed by atoms with Gasteiger partial charge < -0.3 is 84.4 Å². The van der Waals surface area contributed by atoms with Gasteiger partial charge in [0.1, 0.15) is 0 Å². The SMILES string of the molecule is CCC(CC)(CC)[Si]O[Si](C)(CCSCCOCCOCCOCCOCCOCCOCCOCCOCCOCCOCCOCCOCCOCCOCCOCCO)O[Si]C(CC)(CC)CC. The molecule has 0 aliphatic rings. The lowest BCUT2D eigenvalue weighted by atomic mass is 9.99. The Bertz CT molecular complexity index is 1010. The van der Waals surface area contributed by atoms with Gasteiger partial charge in [0, 0.05) is 5.75 Å². The maximum atomic E-state index is 8.61. The first-order valence-electron chi connectivity index (χ1n) is 26.6. The summed E-state index contributed by atoms with van der Waals surface area (Å²) >= 11 is 1.93. The standard InChI is InChI=1S/C49H102O18SSi3/c1-8-48(9-2,10-3)69-66-71(7,67-70-49(11-4,12-5)13-6)47-46-68-45-44-65-43-42-64-41-40-63-39-38-62-37-36-61-35-34-60-33-32-59-31-30-58-29-28-57-27-26-56-25-24-55-23-22-54-21-20-53-19-18-52-17-16-51-15-14-50/h50H,8-47H2,1-7H3. The molecule has 4 radical (unpaired) electrons. The molecule has 0 saturated carbocycles. The van der Waals surface area contributed by atoms with E-state index in [2.05, 4.69) is 48.1 Å². The molecule has 0 fully saturated rings. The van der Waals surface area contributed by atoms with Crippen LogP contribution in [0.15, 0.2) is 0 Å². The van der Waals surface area contributed by atoms with E-state index < -0.39 is 8.56 Å². The second-order valence-electron chi connectivity index (χ2n) is 16.5. The normalized spacial score (nSPS) is 12.5. The van der Waals surface area contributed by atoms with Crippen molar-refractivity contribution in [1.29, 1.82) is 0 Å². The molecule has 0 heterocycles. The Morgan fingerprint density at radius 3 is 0.704 bits per heavy atom. The Labute approximate surface area is 441 Å². The van der Waals surface area contributed by atoms with Gasteiger partial charge in [0.25, 0.3) is 0 Å². The van der Waals surface area contributed by atoms with Gasteiger partial charge in [0.15, 0.2) is 0 Å². The first-order chi connectivity index (χ1) is 34.8. The second kappa shape index (κ2) is 55.0. The van der Waals surface area contributed by atoms with Crippen LogP contribution in [0.4, 0.5) is 0 Å². The van der Waals surface area contributed by atoms with Crippen LogP contribution in [-0.2, 0) is 79.3 Å². The van der Waals surface area contributed by atoms with Crippen LogP contribution in [0.3, 0.4) is 0 Å². The lowest BCUT2D eigenvalue weighted by molar-refractivity contribution is -0.0301. The van der Waals surface area contributed by atoms with Gasteiger partial charge in [-0.15, -0.1) is 0 Å². The van der Waals surface area contributed by atoms with Crippen molar-refractivity contribution < 1.29 is 84.4 Å². The molecule has 0 aliphatic heterocycles. The fraction of sp³-hybridized carbons (Fsp3) is 1.00. The maximum Gasteiger partial charge on any atom is 0.314 e. The minimum Gasteiger partial charge on any atom is -0.436 e. The number of aliphatic hydroxyl groups is 1. The summed E-state index contributed by atoms with van der Waals surface area (Å²) in [5, 5.41) is 9.16. The van der Waals surface area contributed by atoms with Crippen LogP contribution < -0.4 is 0 Å². The van der Waals surface area contributed by atoms with E-state index >= 15 is 0 Å². The summed E-state index contributed by atoms with van der Waals surface area (Å²) < 4.78 is 96.3. The maximum absolute atomic E-state index is 8.61. The predicted octanol–water partition coefficient (Wildman–Crippen LogP) is 6.08. The highest BCUT2D eigenvalue weighted by atomic mass is 32.2. The first kappa shape index (κ1) is 71.3. The van der Waals surface area contributed by atoms with Gasteiger partial charge in [-0.05, 0) is 28.4 Å². The molecule has 0 aromatic carbocycles. The van der Waals surface area contributed by atoms with E-state index in [0.717, 1.165) is 56.1 Å². The number of ether oxygens (including phenoxy) is 15. The monoisotopic (exact) mass is 1090 g/mol. The Kier molecular flexibility index (Phi) is 55.3. The lowest BCUT2D eigenvalue weighted by Gasteiger charge is -2.37. The van der Waals surface area contributed by atoms with Gasteiger partial charge in [-0.25, -0.2) is 0 Å². The minimum atomic E-state index is -2.30. The molecule has 22 heteroatoms. The molecule has 0 aromatic rings. The molecular weight excluding hydrogens is 993 g/mol. The van der Waals surface area contributed by atoms with Crippen LogP contribution in [-0.4, -0.2) is 250 Å². The quantitative estimate of drug-likeness (QED) is 0.0547. The van der Waals surface area contributed by atoms with E-state index in [1.54, 1.807) is 0 Å². The highest BCUT2D eigenvalue weighted by molar-refractivity contribution is 7.99. The average molecular weight is 1100 g/mol. The first-order valence-corrected chi connectivity index (χ1v) is 32.1. The molecular formula is C49H102O18SSi3. The molecule has 0 saturated heterocycles. The molecule has 1 N–H and O–H groups in total. The van der Waals surface area contributed by atoms with Crippen LogP contribution in [0.2, 0.25) is 22.7 Å². The van der Waals surface area contributed by atoms with Crippen LogP contribution in [0, 0.1) is 0 Å². The van der Waals surface area contributed by atoms with E-state index in [4.69, 9.17) is 84.4 Å². The Hall–Kier alpha value is 0.281. The van der Waals surface area contributed by atoms with Gasteiger partial charge in [-0.3, -0.25) is 0 Å². The molecule has 0 bridgehead atoms. The van der Waals surface area contributed by atoms with Crippen LogP contribution in [0.25, 0.3) is 0 Å². The molecule has 0 amide bonds. The third kappa shape index (κ3) is 46.1. The summed E-state index contributed by atoms with van der Waals surface area (Å²) in [6.07, 6.45) is 6.91. The second-order valence-corrected chi connectivity index (χ2v) is 24.7. The van der Waals surface area contributed by atoms with Gasteiger partial charge in [0.2, 0.25) is 19.5 Å². The van der Waals surface area contributed by atoms with Gasteiger partial charge in [-0.1, -0.05) is 80.1 Å². The number of hydrogen-bond donors (Lipinski definition) is 1. The number of aliphatic hydroxyl groups excluding tert-OH is 1. The molecule has 71 heavy (non-hydrogen) atoms. The van der Waals surface area contributed by atoms with Crippen molar-refractivity contribution >= 4 is 39.8 Å². The third-order valence-electron chi connectivity index (χ3n) is 11.5. The van der Waals surface area contributed by atoms with Crippen molar-refractivity contribution in [2.75, 3.05) is 216 Å². The number of rotatable bonds is 62. The minimum absolute atomic E-state index is 0.0216. The van der Waals surface area contributed by atoms with E-state index in [-0.39, 0.29) is 16.7 Å². The predicted molar refractivity (Wildman–Crippen MR) is 284 cm³/mol. The Morgan fingerprint density at radius 2 is 0.507 bits per heavy atom. The van der Waals surface area contributed by atoms with Crippen LogP contribution in [0.1, 0.15) is 80.1 Å². The molecule has 0 spiro atoms. The van der Waals surface area contributed by atoms with Crippen LogP contribution >= 0.6 is 11.8 Å². The molecule has 18 nitrogen and oxygen atoms in total. The summed E-state index contributed by atoms with van der Waals surface area (Å²) in [6.45, 7) is 31.3. The van der Waals surface area contributed by atoms with E-state index in [1.165, 1.54) is 0 Å². The van der Waals surface area contributed by atoms with Crippen molar-refractivity contribution in [3.8, 4) is 0 Å². The summed E-state index contributed by atoms with van der Waals surface area (Å²) in [4.78, 5) is 0. The van der Waals surface area contributed by atoms with Crippen molar-refractivity contribution in [3.05, 3.63) is 0 Å². The zero-order valence-corrected chi connectivity index (χ0v) is 49.4. The summed E-state index contributed by atoms with van der Waals surface area (Å²) in [6, 6.07) is 1.01.